The average molecular weight is 308 g/mol. The molecule has 1 aromatic heterocycles. The Hall–Kier alpha value is -1.07. The lowest BCUT2D eigenvalue weighted by molar-refractivity contribution is 0.393. The van der Waals surface area contributed by atoms with Gasteiger partial charge in [-0.25, -0.2) is 0 Å². The molecule has 0 aromatic carbocycles. The fraction of sp³-hybridized carbons (Fsp3) is 0.688. The van der Waals surface area contributed by atoms with E-state index in [1.807, 2.05) is 18.4 Å². The monoisotopic (exact) mass is 308 g/mol. The van der Waals surface area contributed by atoms with Crippen LogP contribution in [0.25, 0.3) is 0 Å². The summed E-state index contributed by atoms with van der Waals surface area (Å²) in [6, 6.07) is 4.32. The van der Waals surface area contributed by atoms with E-state index < -0.39 is 0 Å². The van der Waals surface area contributed by atoms with Crippen molar-refractivity contribution in [3.63, 3.8) is 0 Å². The smallest absolute Gasteiger partial charge is 0.191 e. The zero-order valence-corrected chi connectivity index (χ0v) is 14.5. The summed E-state index contributed by atoms with van der Waals surface area (Å²) in [5, 5.41) is 9.07. The summed E-state index contributed by atoms with van der Waals surface area (Å²) in [5.41, 5.74) is 0.124. The fourth-order valence-electron chi connectivity index (χ4n) is 2.71. The molecule has 0 bridgehead atoms. The zero-order valence-electron chi connectivity index (χ0n) is 13.6. The van der Waals surface area contributed by atoms with E-state index in [1.54, 1.807) is 0 Å². The molecule has 1 saturated heterocycles. The maximum atomic E-state index is 4.34. The molecule has 2 N–H and O–H groups in total. The van der Waals surface area contributed by atoms with Crippen molar-refractivity contribution in [3.8, 4) is 0 Å². The largest absolute Gasteiger partial charge is 0.356 e. The maximum Gasteiger partial charge on any atom is 0.191 e. The molecule has 0 aliphatic carbocycles. The Morgan fingerprint density at radius 2 is 2.29 bits per heavy atom. The predicted octanol–water partition coefficient (Wildman–Crippen LogP) is 2.14. The third-order valence-corrected chi connectivity index (χ3v) is 5.39. The predicted molar refractivity (Wildman–Crippen MR) is 92.3 cm³/mol. The van der Waals surface area contributed by atoms with E-state index in [0.29, 0.717) is 0 Å². The van der Waals surface area contributed by atoms with Gasteiger partial charge in [0.15, 0.2) is 5.96 Å². The van der Waals surface area contributed by atoms with E-state index in [0.717, 1.165) is 25.0 Å². The summed E-state index contributed by atoms with van der Waals surface area (Å²) in [6.07, 6.45) is 1.28. The number of nitrogens with zero attached hydrogens (tertiary/aromatic N) is 2. The van der Waals surface area contributed by atoms with Crippen molar-refractivity contribution in [2.45, 2.75) is 25.7 Å². The van der Waals surface area contributed by atoms with E-state index in [9.17, 15) is 0 Å². The quantitative estimate of drug-likeness (QED) is 0.647. The lowest BCUT2D eigenvalue weighted by Crippen LogP contribution is -2.44. The third-order valence-electron chi connectivity index (χ3n) is 4.16. The highest BCUT2D eigenvalue weighted by Crippen LogP contribution is 2.26. The van der Waals surface area contributed by atoms with E-state index in [4.69, 9.17) is 0 Å². The molecule has 0 radical (unpaired) electrons. The molecule has 1 aromatic rings. The van der Waals surface area contributed by atoms with Crippen LogP contribution < -0.4 is 10.6 Å². The van der Waals surface area contributed by atoms with Crippen molar-refractivity contribution < 1.29 is 0 Å². The molecule has 2 rings (SSSR count). The second-order valence-corrected chi connectivity index (χ2v) is 7.53. The first-order valence-corrected chi connectivity index (χ1v) is 8.56. The molecule has 0 amide bonds. The first kappa shape index (κ1) is 16.3. The van der Waals surface area contributed by atoms with Crippen LogP contribution in [0.15, 0.2) is 22.5 Å². The van der Waals surface area contributed by atoms with Gasteiger partial charge < -0.3 is 15.5 Å². The molecule has 1 unspecified atom stereocenters. The second kappa shape index (κ2) is 7.27. The lowest BCUT2D eigenvalue weighted by atomic mass is 9.91. The molecular formula is C16H28N4S. The molecule has 1 atom stereocenters. The van der Waals surface area contributed by atoms with Gasteiger partial charge in [-0.05, 0) is 37.4 Å². The first-order valence-electron chi connectivity index (χ1n) is 7.68. The van der Waals surface area contributed by atoms with Gasteiger partial charge in [-0.15, -0.1) is 11.3 Å². The molecule has 5 heteroatoms. The summed E-state index contributed by atoms with van der Waals surface area (Å²) < 4.78 is 0. The summed E-state index contributed by atoms with van der Waals surface area (Å²) in [5.74, 6) is 1.65. The van der Waals surface area contributed by atoms with Crippen molar-refractivity contribution in [1.82, 2.24) is 15.5 Å². The van der Waals surface area contributed by atoms with Crippen molar-refractivity contribution in [3.05, 3.63) is 22.4 Å². The Morgan fingerprint density at radius 3 is 2.86 bits per heavy atom. The molecule has 1 aliphatic heterocycles. The normalized spacial score (nSPS) is 20.8. The Bertz CT molecular complexity index is 453. The minimum Gasteiger partial charge on any atom is -0.356 e. The van der Waals surface area contributed by atoms with Crippen LogP contribution in [-0.4, -0.2) is 51.1 Å². The summed E-state index contributed by atoms with van der Waals surface area (Å²) in [6.45, 7) is 8.83. The summed E-state index contributed by atoms with van der Waals surface area (Å²) in [4.78, 5) is 8.13. The van der Waals surface area contributed by atoms with Gasteiger partial charge in [-0.2, -0.15) is 0 Å². The minimum absolute atomic E-state index is 0.124. The van der Waals surface area contributed by atoms with Crippen LogP contribution >= 0.6 is 11.3 Å². The van der Waals surface area contributed by atoms with Gasteiger partial charge in [0.05, 0.1) is 0 Å². The highest BCUT2D eigenvalue weighted by molar-refractivity contribution is 7.10. The van der Waals surface area contributed by atoms with Gasteiger partial charge in [-0.1, -0.05) is 19.9 Å². The lowest BCUT2D eigenvalue weighted by Gasteiger charge is -2.25. The number of thiophene rings is 1. The molecule has 2 heterocycles. The Kier molecular flexibility index (Phi) is 5.65. The third kappa shape index (κ3) is 4.71. The first-order chi connectivity index (χ1) is 10.0. The fourth-order valence-corrected chi connectivity index (χ4v) is 3.56. The number of likely N-dealkylation sites (tertiary alicyclic amines) is 1. The van der Waals surface area contributed by atoms with Crippen LogP contribution in [0.2, 0.25) is 0 Å². The minimum atomic E-state index is 0.124. The molecule has 1 aliphatic rings. The van der Waals surface area contributed by atoms with Crippen LogP contribution in [0.4, 0.5) is 0 Å². The molecule has 118 valence electrons. The average Bonchev–Trinajstić information content (AvgIpc) is 3.10. The van der Waals surface area contributed by atoms with E-state index in [1.165, 1.54) is 24.4 Å². The number of aliphatic imine (C=N–C) groups is 1. The molecular weight excluding hydrogens is 280 g/mol. The zero-order chi connectivity index (χ0) is 15.3. The standard InChI is InChI=1S/C16H28N4S/c1-16(2,14-6-5-9-21-14)12-19-15(17-3)18-10-13-7-8-20(4)11-13/h5-6,9,13H,7-8,10-12H2,1-4H3,(H2,17,18,19). The van der Waals surface area contributed by atoms with Gasteiger partial charge in [0.2, 0.25) is 0 Å². The van der Waals surface area contributed by atoms with Crippen LogP contribution in [0, 0.1) is 5.92 Å². The number of hydrogen-bond donors (Lipinski definition) is 2. The van der Waals surface area contributed by atoms with Gasteiger partial charge in [-0.3, -0.25) is 4.99 Å². The van der Waals surface area contributed by atoms with E-state index >= 15 is 0 Å². The van der Waals surface area contributed by atoms with Crippen molar-refractivity contribution in [2.24, 2.45) is 10.9 Å². The van der Waals surface area contributed by atoms with Gasteiger partial charge in [0.1, 0.15) is 0 Å². The summed E-state index contributed by atoms with van der Waals surface area (Å²) in [7, 11) is 4.03. The van der Waals surface area contributed by atoms with E-state index in [2.05, 4.69) is 58.9 Å². The van der Waals surface area contributed by atoms with Crippen LogP contribution in [0.1, 0.15) is 25.1 Å². The topological polar surface area (TPSA) is 39.7 Å². The summed E-state index contributed by atoms with van der Waals surface area (Å²) >= 11 is 1.82. The Morgan fingerprint density at radius 1 is 1.48 bits per heavy atom. The van der Waals surface area contributed by atoms with E-state index in [-0.39, 0.29) is 5.41 Å². The molecule has 0 saturated carbocycles. The molecule has 0 spiro atoms. The number of hydrogen-bond acceptors (Lipinski definition) is 3. The number of rotatable bonds is 5. The van der Waals surface area contributed by atoms with Crippen molar-refractivity contribution >= 4 is 17.3 Å². The van der Waals surface area contributed by atoms with Crippen LogP contribution in [0.5, 0.6) is 0 Å². The van der Waals surface area contributed by atoms with Crippen LogP contribution in [0.3, 0.4) is 0 Å². The number of guanidine groups is 1. The molecule has 4 nitrogen and oxygen atoms in total. The second-order valence-electron chi connectivity index (χ2n) is 6.58. The van der Waals surface area contributed by atoms with Crippen molar-refractivity contribution in [1.29, 1.82) is 0 Å². The van der Waals surface area contributed by atoms with Gasteiger partial charge >= 0.3 is 0 Å². The SMILES string of the molecule is CN=C(NCC1CCN(C)C1)NCC(C)(C)c1cccs1. The highest BCUT2D eigenvalue weighted by Gasteiger charge is 2.23. The number of nitrogens with one attached hydrogen (secondary N) is 2. The Labute approximate surface area is 132 Å². The Balaban J connectivity index is 1.77. The molecule has 1 fully saturated rings. The molecule has 21 heavy (non-hydrogen) atoms. The highest BCUT2D eigenvalue weighted by atomic mass is 32.1. The van der Waals surface area contributed by atoms with Crippen LogP contribution in [-0.2, 0) is 5.41 Å². The van der Waals surface area contributed by atoms with Crippen molar-refractivity contribution in [2.75, 3.05) is 40.3 Å². The van der Waals surface area contributed by atoms with Gasteiger partial charge in [0.25, 0.3) is 0 Å². The maximum absolute atomic E-state index is 4.34. The van der Waals surface area contributed by atoms with Gasteiger partial charge in [0, 0.05) is 37.0 Å².